The number of benzene rings is 7. The SMILES string of the molecule is C=Cc1c(/C=C\C)ccc2c1oc1ccc(-c3c4ccccc4c(-c4ccc(-n5c(C)nc6ccccc65)cc4)c4ccccc34)cc12. The third-order valence-corrected chi connectivity index (χ3v) is 9.62. The number of allylic oxidation sites excluding steroid dienone is 1. The molecular formula is C45H32N2O. The summed E-state index contributed by atoms with van der Waals surface area (Å²) in [5.41, 5.74) is 11.9. The van der Waals surface area contributed by atoms with Crippen LogP contribution in [0.2, 0.25) is 0 Å². The summed E-state index contributed by atoms with van der Waals surface area (Å²) in [6.07, 6.45) is 6.04. The number of hydrogen-bond donors (Lipinski definition) is 0. The molecule has 0 saturated carbocycles. The van der Waals surface area contributed by atoms with Crippen LogP contribution in [0, 0.1) is 6.92 Å². The van der Waals surface area contributed by atoms with Gasteiger partial charge in [-0.05, 0) is 106 Å². The van der Waals surface area contributed by atoms with Gasteiger partial charge in [0.05, 0.1) is 11.0 Å². The summed E-state index contributed by atoms with van der Waals surface area (Å²) in [5.74, 6) is 0.977. The zero-order valence-electron chi connectivity index (χ0n) is 26.9. The van der Waals surface area contributed by atoms with Crippen molar-refractivity contribution in [1.29, 1.82) is 0 Å². The van der Waals surface area contributed by atoms with Crippen molar-refractivity contribution < 1.29 is 4.42 Å². The third-order valence-electron chi connectivity index (χ3n) is 9.62. The van der Waals surface area contributed by atoms with E-state index in [0.29, 0.717) is 0 Å². The minimum atomic E-state index is 0.875. The quantitative estimate of drug-likeness (QED) is 0.180. The van der Waals surface area contributed by atoms with Crippen LogP contribution in [0.4, 0.5) is 0 Å². The Morgan fingerprint density at radius 1 is 0.646 bits per heavy atom. The first-order valence-electron chi connectivity index (χ1n) is 16.4. The fraction of sp³-hybridized carbons (Fsp3) is 0.0444. The van der Waals surface area contributed by atoms with Gasteiger partial charge in [0, 0.05) is 22.0 Å². The van der Waals surface area contributed by atoms with Gasteiger partial charge >= 0.3 is 0 Å². The summed E-state index contributed by atoms with van der Waals surface area (Å²) >= 11 is 0. The highest BCUT2D eigenvalue weighted by atomic mass is 16.3. The zero-order valence-corrected chi connectivity index (χ0v) is 26.9. The minimum absolute atomic E-state index is 0.875. The van der Waals surface area contributed by atoms with Crippen LogP contribution in [0.25, 0.3) is 94.6 Å². The largest absolute Gasteiger partial charge is 0.455 e. The lowest BCUT2D eigenvalue weighted by Gasteiger charge is -2.18. The first-order valence-corrected chi connectivity index (χ1v) is 16.4. The van der Waals surface area contributed by atoms with E-state index in [2.05, 4.69) is 145 Å². The van der Waals surface area contributed by atoms with Gasteiger partial charge in [0.2, 0.25) is 0 Å². The molecule has 0 aliphatic rings. The molecule has 0 aliphatic heterocycles. The Kier molecular flexibility index (Phi) is 6.41. The van der Waals surface area contributed by atoms with Gasteiger partial charge in [-0.2, -0.15) is 0 Å². The number of aromatic nitrogens is 2. The summed E-state index contributed by atoms with van der Waals surface area (Å²) in [7, 11) is 0. The molecule has 0 amide bonds. The molecule has 9 aromatic rings. The van der Waals surface area contributed by atoms with E-state index in [4.69, 9.17) is 9.40 Å². The van der Waals surface area contributed by atoms with E-state index >= 15 is 0 Å². The molecule has 7 aromatic carbocycles. The number of fused-ring (bicyclic) bond motifs is 6. The molecule has 0 atom stereocenters. The molecule has 0 fully saturated rings. The van der Waals surface area contributed by atoms with Crippen molar-refractivity contribution in [3.05, 3.63) is 157 Å². The maximum absolute atomic E-state index is 6.46. The molecular weight excluding hydrogens is 585 g/mol. The molecule has 228 valence electrons. The summed E-state index contributed by atoms with van der Waals surface area (Å²) in [5, 5.41) is 7.10. The topological polar surface area (TPSA) is 31.0 Å². The predicted octanol–water partition coefficient (Wildman–Crippen LogP) is 12.5. The molecule has 0 N–H and O–H groups in total. The average molecular weight is 617 g/mol. The molecule has 2 heterocycles. The lowest BCUT2D eigenvalue weighted by molar-refractivity contribution is 0.668. The van der Waals surface area contributed by atoms with E-state index in [-0.39, 0.29) is 0 Å². The Labute approximate surface area is 278 Å². The Morgan fingerprint density at radius 2 is 1.27 bits per heavy atom. The van der Waals surface area contributed by atoms with Crippen molar-refractivity contribution in [1.82, 2.24) is 9.55 Å². The van der Waals surface area contributed by atoms with E-state index < -0.39 is 0 Å². The normalized spacial score (nSPS) is 12.0. The molecule has 0 bridgehead atoms. The fourth-order valence-corrected chi connectivity index (χ4v) is 7.57. The second-order valence-electron chi connectivity index (χ2n) is 12.3. The predicted molar refractivity (Wildman–Crippen MR) is 204 cm³/mol. The standard InChI is InChI=1S/C45H32N2O/c1-4-12-29-21-25-38-39-27-31(22-26-42(39)48-45(38)33(29)5-2)44-36-15-8-6-13-34(36)43(35-14-7-9-16-37(35)44)30-19-23-32(24-20-30)47-28(3)46-40-17-10-11-18-41(40)47/h4-27H,2H2,1,3H3/b12-4-. The summed E-state index contributed by atoms with van der Waals surface area (Å²) in [6, 6.07) is 45.8. The van der Waals surface area contributed by atoms with Crippen molar-refractivity contribution in [2.75, 3.05) is 0 Å². The lowest BCUT2D eigenvalue weighted by Crippen LogP contribution is -1.97. The number of nitrogens with zero attached hydrogens (tertiary/aromatic N) is 2. The van der Waals surface area contributed by atoms with Crippen LogP contribution in [0.5, 0.6) is 0 Å². The van der Waals surface area contributed by atoms with E-state index in [1.54, 1.807) is 0 Å². The van der Waals surface area contributed by atoms with Crippen molar-refractivity contribution in [3.63, 3.8) is 0 Å². The van der Waals surface area contributed by atoms with Gasteiger partial charge in [0.15, 0.2) is 0 Å². The second kappa shape index (κ2) is 11.0. The van der Waals surface area contributed by atoms with E-state index in [9.17, 15) is 0 Å². The van der Waals surface area contributed by atoms with Gasteiger partial charge in [0.25, 0.3) is 0 Å². The Balaban J connectivity index is 1.25. The molecule has 3 heteroatoms. The van der Waals surface area contributed by atoms with Crippen molar-refractivity contribution >= 4 is 66.7 Å². The molecule has 0 saturated heterocycles. The first kappa shape index (κ1) is 28.1. The fourth-order valence-electron chi connectivity index (χ4n) is 7.57. The molecule has 0 radical (unpaired) electrons. The van der Waals surface area contributed by atoms with Gasteiger partial charge in [-0.25, -0.2) is 4.98 Å². The number of para-hydroxylation sites is 2. The van der Waals surface area contributed by atoms with Crippen LogP contribution in [0.1, 0.15) is 23.9 Å². The van der Waals surface area contributed by atoms with E-state index in [0.717, 1.165) is 55.6 Å². The van der Waals surface area contributed by atoms with Gasteiger partial charge in [-0.3, -0.25) is 4.57 Å². The van der Waals surface area contributed by atoms with Crippen LogP contribution < -0.4 is 0 Å². The molecule has 0 unspecified atom stereocenters. The van der Waals surface area contributed by atoms with Crippen molar-refractivity contribution in [2.45, 2.75) is 13.8 Å². The number of rotatable bonds is 5. The summed E-state index contributed by atoms with van der Waals surface area (Å²) < 4.78 is 8.69. The summed E-state index contributed by atoms with van der Waals surface area (Å²) in [4.78, 5) is 4.79. The zero-order chi connectivity index (χ0) is 32.4. The smallest absolute Gasteiger partial charge is 0.143 e. The van der Waals surface area contributed by atoms with Gasteiger partial charge in [-0.1, -0.05) is 110 Å². The van der Waals surface area contributed by atoms with Crippen LogP contribution in [-0.2, 0) is 0 Å². The van der Waals surface area contributed by atoms with Gasteiger partial charge in [-0.15, -0.1) is 0 Å². The molecule has 3 nitrogen and oxygen atoms in total. The van der Waals surface area contributed by atoms with Crippen molar-refractivity contribution in [2.24, 2.45) is 0 Å². The van der Waals surface area contributed by atoms with E-state index in [1.165, 1.54) is 43.8 Å². The highest BCUT2D eigenvalue weighted by Crippen LogP contribution is 2.45. The first-order chi connectivity index (χ1) is 23.6. The van der Waals surface area contributed by atoms with Crippen LogP contribution in [-0.4, -0.2) is 9.55 Å². The maximum Gasteiger partial charge on any atom is 0.143 e. The Morgan fingerprint density at radius 3 is 1.94 bits per heavy atom. The highest BCUT2D eigenvalue weighted by molar-refractivity contribution is 6.22. The average Bonchev–Trinajstić information content (AvgIpc) is 3.67. The number of hydrogen-bond acceptors (Lipinski definition) is 2. The molecule has 0 spiro atoms. The van der Waals surface area contributed by atoms with Crippen LogP contribution in [0.3, 0.4) is 0 Å². The van der Waals surface area contributed by atoms with E-state index in [1.807, 2.05) is 25.1 Å². The monoisotopic (exact) mass is 616 g/mol. The maximum atomic E-state index is 6.46. The molecule has 2 aromatic heterocycles. The second-order valence-corrected chi connectivity index (χ2v) is 12.3. The molecule has 0 aliphatic carbocycles. The Hall–Kier alpha value is -6.19. The number of furan rings is 1. The number of imidazole rings is 1. The number of aryl methyl sites for hydroxylation is 1. The molecule has 48 heavy (non-hydrogen) atoms. The van der Waals surface area contributed by atoms with Gasteiger partial charge in [0.1, 0.15) is 17.0 Å². The minimum Gasteiger partial charge on any atom is -0.455 e. The Bertz CT molecular complexity index is 2700. The summed E-state index contributed by atoms with van der Waals surface area (Å²) in [6.45, 7) is 8.19. The molecule has 9 rings (SSSR count). The van der Waals surface area contributed by atoms with Gasteiger partial charge < -0.3 is 4.42 Å². The van der Waals surface area contributed by atoms with Crippen LogP contribution in [0.15, 0.2) is 144 Å². The highest BCUT2D eigenvalue weighted by Gasteiger charge is 2.19. The lowest BCUT2D eigenvalue weighted by atomic mass is 9.85. The van der Waals surface area contributed by atoms with Crippen LogP contribution >= 0.6 is 0 Å². The van der Waals surface area contributed by atoms with Crippen molar-refractivity contribution in [3.8, 4) is 27.9 Å². The third kappa shape index (κ3) is 4.18.